The lowest BCUT2D eigenvalue weighted by atomic mass is 10.3. The molecule has 1 atom stereocenters. The molecule has 19 heavy (non-hydrogen) atoms. The molecular weight excluding hydrogens is 244 g/mol. The molecule has 1 N–H and O–H groups in total. The van der Waals surface area contributed by atoms with Crippen LogP contribution in [0, 0.1) is 0 Å². The normalized spacial score (nSPS) is 12.2. The molecule has 0 aliphatic heterocycles. The molecule has 0 fully saturated rings. The second-order valence-electron chi connectivity index (χ2n) is 4.23. The fourth-order valence-corrected chi connectivity index (χ4v) is 1.64. The van der Waals surface area contributed by atoms with E-state index in [1.165, 1.54) is 0 Å². The molecule has 0 saturated heterocycles. The van der Waals surface area contributed by atoms with Gasteiger partial charge >= 0.3 is 0 Å². The van der Waals surface area contributed by atoms with Gasteiger partial charge in [0.05, 0.1) is 12.6 Å². The minimum atomic E-state index is -0.0334. The minimum Gasteiger partial charge on any atom is -0.478 e. The van der Waals surface area contributed by atoms with Crippen molar-refractivity contribution in [2.75, 3.05) is 11.9 Å². The van der Waals surface area contributed by atoms with Crippen molar-refractivity contribution in [3.8, 4) is 5.88 Å². The Bertz CT molecular complexity index is 526. The first-order valence-corrected chi connectivity index (χ1v) is 6.27. The predicted molar refractivity (Wildman–Crippen MR) is 70.9 cm³/mol. The van der Waals surface area contributed by atoms with Crippen LogP contribution in [-0.2, 0) is 7.05 Å². The molecule has 0 saturated carbocycles. The maximum Gasteiger partial charge on any atom is 0.226 e. The quantitative estimate of drug-likeness (QED) is 0.851. The molecular formula is C12H18N6O. The summed E-state index contributed by atoms with van der Waals surface area (Å²) in [4.78, 5) is 8.46. The Hall–Kier alpha value is -2.18. The molecule has 2 rings (SSSR count). The highest BCUT2D eigenvalue weighted by atomic mass is 16.5. The summed E-state index contributed by atoms with van der Waals surface area (Å²) < 4.78 is 7.32. The van der Waals surface area contributed by atoms with Crippen molar-refractivity contribution < 1.29 is 4.74 Å². The lowest BCUT2D eigenvalue weighted by molar-refractivity contribution is 0.305. The van der Waals surface area contributed by atoms with Crippen LogP contribution in [0.15, 0.2) is 18.6 Å². The van der Waals surface area contributed by atoms with E-state index in [1.54, 1.807) is 18.6 Å². The Morgan fingerprint density at radius 2 is 2.32 bits per heavy atom. The molecule has 0 aliphatic rings. The van der Waals surface area contributed by atoms with Crippen molar-refractivity contribution in [3.05, 3.63) is 24.4 Å². The topological polar surface area (TPSA) is 77.8 Å². The van der Waals surface area contributed by atoms with Crippen molar-refractivity contribution in [1.29, 1.82) is 0 Å². The van der Waals surface area contributed by atoms with Crippen molar-refractivity contribution >= 4 is 5.95 Å². The number of ether oxygens (including phenoxy) is 1. The molecule has 7 heteroatoms. The molecule has 0 spiro atoms. The van der Waals surface area contributed by atoms with Gasteiger partial charge in [-0.25, -0.2) is 4.98 Å². The highest BCUT2D eigenvalue weighted by Gasteiger charge is 2.12. The fourth-order valence-electron chi connectivity index (χ4n) is 1.64. The van der Waals surface area contributed by atoms with Crippen LogP contribution in [-0.4, -0.2) is 31.3 Å². The van der Waals surface area contributed by atoms with Gasteiger partial charge in [-0.3, -0.25) is 0 Å². The maximum absolute atomic E-state index is 5.47. The smallest absolute Gasteiger partial charge is 0.226 e. The van der Waals surface area contributed by atoms with E-state index >= 15 is 0 Å². The van der Waals surface area contributed by atoms with Gasteiger partial charge in [0.1, 0.15) is 6.33 Å². The Labute approximate surface area is 112 Å². The van der Waals surface area contributed by atoms with E-state index in [2.05, 4.69) is 32.4 Å². The van der Waals surface area contributed by atoms with Gasteiger partial charge in [-0.2, -0.15) is 4.98 Å². The molecule has 2 aromatic heterocycles. The average Bonchev–Trinajstić information content (AvgIpc) is 2.83. The van der Waals surface area contributed by atoms with Crippen LogP contribution in [0.1, 0.15) is 32.1 Å². The number of aryl methyl sites for hydroxylation is 1. The summed E-state index contributed by atoms with van der Waals surface area (Å²) in [5.41, 5.74) is 0. The third-order valence-electron chi connectivity index (χ3n) is 2.56. The summed E-state index contributed by atoms with van der Waals surface area (Å²) in [5, 5.41) is 11.1. The SMILES string of the molecule is CCCOc1ccnc(NC(C)c2nncn2C)n1. The Morgan fingerprint density at radius 3 is 3.00 bits per heavy atom. The number of aromatic nitrogens is 5. The van der Waals surface area contributed by atoms with Crippen LogP contribution >= 0.6 is 0 Å². The summed E-state index contributed by atoms with van der Waals surface area (Å²) in [6.45, 7) is 4.68. The zero-order valence-corrected chi connectivity index (χ0v) is 11.4. The maximum atomic E-state index is 5.47. The Morgan fingerprint density at radius 1 is 1.47 bits per heavy atom. The Balaban J connectivity index is 2.04. The molecule has 0 radical (unpaired) electrons. The van der Waals surface area contributed by atoms with Gasteiger partial charge < -0.3 is 14.6 Å². The first kappa shape index (κ1) is 13.3. The summed E-state index contributed by atoms with van der Waals surface area (Å²) >= 11 is 0. The van der Waals surface area contributed by atoms with Gasteiger partial charge in [0.25, 0.3) is 0 Å². The van der Waals surface area contributed by atoms with E-state index in [0.29, 0.717) is 18.4 Å². The molecule has 2 aromatic rings. The van der Waals surface area contributed by atoms with Gasteiger partial charge in [-0.1, -0.05) is 6.92 Å². The van der Waals surface area contributed by atoms with Crippen LogP contribution in [0.25, 0.3) is 0 Å². The van der Waals surface area contributed by atoms with Crippen LogP contribution in [0.5, 0.6) is 5.88 Å². The summed E-state index contributed by atoms with van der Waals surface area (Å²) in [6, 6.07) is 1.71. The van der Waals surface area contributed by atoms with Gasteiger partial charge in [-0.05, 0) is 13.3 Å². The first-order valence-electron chi connectivity index (χ1n) is 6.27. The first-order chi connectivity index (χ1) is 9.20. The molecule has 0 aromatic carbocycles. The molecule has 2 heterocycles. The van der Waals surface area contributed by atoms with Crippen LogP contribution in [0.3, 0.4) is 0 Å². The number of rotatable bonds is 6. The highest BCUT2D eigenvalue weighted by Crippen LogP contribution is 2.15. The summed E-state index contributed by atoms with van der Waals surface area (Å²) in [6.07, 6.45) is 4.28. The third-order valence-corrected chi connectivity index (χ3v) is 2.56. The van der Waals surface area contributed by atoms with E-state index in [1.807, 2.05) is 18.5 Å². The van der Waals surface area contributed by atoms with E-state index in [4.69, 9.17) is 4.74 Å². The monoisotopic (exact) mass is 262 g/mol. The largest absolute Gasteiger partial charge is 0.478 e. The van der Waals surface area contributed by atoms with Gasteiger partial charge in [0.2, 0.25) is 11.8 Å². The van der Waals surface area contributed by atoms with E-state index in [9.17, 15) is 0 Å². The minimum absolute atomic E-state index is 0.0334. The molecule has 7 nitrogen and oxygen atoms in total. The molecule has 1 unspecified atom stereocenters. The lowest BCUT2D eigenvalue weighted by Gasteiger charge is -2.13. The van der Waals surface area contributed by atoms with E-state index in [-0.39, 0.29) is 6.04 Å². The number of nitrogens with one attached hydrogen (secondary N) is 1. The second kappa shape index (κ2) is 6.12. The Kier molecular flexibility index (Phi) is 4.27. The highest BCUT2D eigenvalue weighted by molar-refractivity contribution is 5.29. The standard InChI is InChI=1S/C12H18N6O/c1-4-7-19-10-5-6-13-12(16-10)15-9(2)11-17-14-8-18(11)3/h5-6,8-9H,4,7H2,1-3H3,(H,13,15,16). The van der Waals surface area contributed by atoms with Crippen LogP contribution in [0.2, 0.25) is 0 Å². The number of hydrogen-bond donors (Lipinski definition) is 1. The molecule has 0 bridgehead atoms. The summed E-state index contributed by atoms with van der Waals surface area (Å²) in [7, 11) is 1.90. The molecule has 0 amide bonds. The second-order valence-corrected chi connectivity index (χ2v) is 4.23. The van der Waals surface area contributed by atoms with Crippen molar-refractivity contribution in [2.45, 2.75) is 26.3 Å². The van der Waals surface area contributed by atoms with Crippen LogP contribution in [0.4, 0.5) is 5.95 Å². The van der Waals surface area contributed by atoms with Gasteiger partial charge in [0, 0.05) is 19.3 Å². The average molecular weight is 262 g/mol. The van der Waals surface area contributed by atoms with Gasteiger partial charge in [-0.15, -0.1) is 10.2 Å². The zero-order valence-electron chi connectivity index (χ0n) is 11.4. The van der Waals surface area contributed by atoms with Crippen LogP contribution < -0.4 is 10.1 Å². The van der Waals surface area contributed by atoms with E-state index < -0.39 is 0 Å². The lowest BCUT2D eigenvalue weighted by Crippen LogP contribution is -2.14. The molecule has 102 valence electrons. The third kappa shape index (κ3) is 3.40. The molecule has 0 aliphatic carbocycles. The van der Waals surface area contributed by atoms with Crippen molar-refractivity contribution in [1.82, 2.24) is 24.7 Å². The summed E-state index contributed by atoms with van der Waals surface area (Å²) in [5.74, 6) is 1.91. The van der Waals surface area contributed by atoms with E-state index in [0.717, 1.165) is 12.2 Å². The number of nitrogens with zero attached hydrogens (tertiary/aromatic N) is 5. The zero-order chi connectivity index (χ0) is 13.7. The number of anilines is 1. The number of hydrogen-bond acceptors (Lipinski definition) is 6. The fraction of sp³-hybridized carbons (Fsp3) is 0.500. The van der Waals surface area contributed by atoms with Crippen molar-refractivity contribution in [3.63, 3.8) is 0 Å². The van der Waals surface area contributed by atoms with Gasteiger partial charge in [0.15, 0.2) is 5.82 Å². The van der Waals surface area contributed by atoms with Crippen molar-refractivity contribution in [2.24, 2.45) is 7.05 Å². The predicted octanol–water partition coefficient (Wildman–Crippen LogP) is 1.57.